The van der Waals surface area contributed by atoms with E-state index in [-0.39, 0.29) is 0 Å². The van der Waals surface area contributed by atoms with Gasteiger partial charge in [-0.3, -0.25) is 0 Å². The summed E-state index contributed by atoms with van der Waals surface area (Å²) in [6.45, 7) is 5.61. The van der Waals surface area contributed by atoms with Gasteiger partial charge in [0, 0.05) is 18.1 Å². The van der Waals surface area contributed by atoms with Crippen LogP contribution in [0.25, 0.3) is 0 Å². The average molecular weight is 327 g/mol. The minimum atomic E-state index is -6.09. The first-order chi connectivity index (χ1) is 9.61. The lowest BCUT2D eigenvalue weighted by molar-refractivity contribution is -0.697. The van der Waals surface area contributed by atoms with E-state index in [2.05, 4.69) is 42.9 Å². The van der Waals surface area contributed by atoms with Gasteiger partial charge in [0.15, 0.2) is 22.5 Å². The molecule has 122 valence electrons. The summed E-state index contributed by atoms with van der Waals surface area (Å²) in [6.07, 6.45) is 9.49. The number of rotatable bonds is 5. The van der Waals surface area contributed by atoms with Gasteiger partial charge < -0.3 is 4.55 Å². The van der Waals surface area contributed by atoms with Gasteiger partial charge in [-0.25, -0.2) is 13.0 Å². The second kappa shape index (κ2) is 8.99. The zero-order valence-electron chi connectivity index (χ0n) is 12.1. The smallest absolute Gasteiger partial charge is 0.485 e. The third kappa shape index (κ3) is 8.67. The van der Waals surface area contributed by atoms with Gasteiger partial charge in [0.05, 0.1) is 0 Å². The molecule has 1 aromatic heterocycles. The van der Waals surface area contributed by atoms with Crippen LogP contribution < -0.4 is 4.57 Å². The molecule has 0 fully saturated rings. The van der Waals surface area contributed by atoms with E-state index in [1.165, 1.54) is 31.4 Å². The van der Waals surface area contributed by atoms with Crippen LogP contribution in [0.15, 0.2) is 24.5 Å². The monoisotopic (exact) mass is 327 g/mol. The molecule has 0 aliphatic rings. The number of hydrogen-bond donors (Lipinski definition) is 0. The van der Waals surface area contributed by atoms with E-state index >= 15 is 0 Å². The minimum Gasteiger partial charge on any atom is -0.741 e. The molecule has 0 aromatic carbocycles. The van der Waals surface area contributed by atoms with Crippen molar-refractivity contribution in [3.63, 3.8) is 0 Å². The van der Waals surface area contributed by atoms with E-state index in [1.54, 1.807) is 0 Å². The zero-order chi connectivity index (χ0) is 16.5. The van der Waals surface area contributed by atoms with Crippen molar-refractivity contribution in [1.29, 1.82) is 0 Å². The molecule has 1 heterocycles. The van der Waals surface area contributed by atoms with Gasteiger partial charge in [-0.1, -0.05) is 20.3 Å². The van der Waals surface area contributed by atoms with E-state index in [1.807, 2.05) is 0 Å². The maximum absolute atomic E-state index is 10.7. The fraction of sp³-hybridized carbons (Fsp3) is 0.615. The normalized spacial score (nSPS) is 11.7. The molecular formula is C13H20F3NO3S. The minimum absolute atomic E-state index is 1.13. The lowest BCUT2D eigenvalue weighted by Crippen LogP contribution is -2.33. The van der Waals surface area contributed by atoms with Crippen LogP contribution in [-0.4, -0.2) is 18.5 Å². The molecule has 1 rings (SSSR count). The molecule has 21 heavy (non-hydrogen) atoms. The summed E-state index contributed by atoms with van der Waals surface area (Å²) in [5.41, 5.74) is -4.22. The SMILES string of the molecule is CCCCC[n+]1cccc(CC)c1.O=S(=O)([O-])C(F)(F)F. The van der Waals surface area contributed by atoms with Crippen molar-refractivity contribution < 1.29 is 30.7 Å². The summed E-state index contributed by atoms with van der Waals surface area (Å²) < 4.78 is 61.2. The molecule has 0 unspecified atom stereocenters. The zero-order valence-corrected chi connectivity index (χ0v) is 12.9. The predicted molar refractivity (Wildman–Crippen MR) is 71.3 cm³/mol. The van der Waals surface area contributed by atoms with Crippen LogP contribution in [0.2, 0.25) is 0 Å². The van der Waals surface area contributed by atoms with Crippen LogP contribution >= 0.6 is 0 Å². The van der Waals surface area contributed by atoms with E-state index in [9.17, 15) is 13.2 Å². The molecule has 0 atom stereocenters. The molecule has 0 radical (unpaired) electrons. The molecule has 0 aliphatic heterocycles. The van der Waals surface area contributed by atoms with Crippen molar-refractivity contribution in [1.82, 2.24) is 0 Å². The fourth-order valence-corrected chi connectivity index (χ4v) is 1.47. The van der Waals surface area contributed by atoms with Gasteiger partial charge in [-0.05, 0) is 18.9 Å². The number of alkyl halides is 3. The van der Waals surface area contributed by atoms with Crippen molar-refractivity contribution in [2.75, 3.05) is 0 Å². The number of pyridine rings is 1. The van der Waals surface area contributed by atoms with Crippen LogP contribution in [0.3, 0.4) is 0 Å². The van der Waals surface area contributed by atoms with E-state index in [4.69, 9.17) is 13.0 Å². The van der Waals surface area contributed by atoms with Crippen molar-refractivity contribution in [3.05, 3.63) is 30.1 Å². The van der Waals surface area contributed by atoms with Gasteiger partial charge in [-0.15, -0.1) is 0 Å². The lowest BCUT2D eigenvalue weighted by atomic mass is 10.2. The molecule has 0 saturated heterocycles. The standard InChI is InChI=1S/C12H20N.CHF3O3S/c1-3-5-6-9-13-10-7-8-12(4-2)11-13;2-1(3,4)8(5,6)7/h7-8,10-11H,3-6,9H2,1-2H3;(H,5,6,7)/q+1;/p-1. The molecule has 0 aliphatic carbocycles. The van der Waals surface area contributed by atoms with E-state index < -0.39 is 15.6 Å². The highest BCUT2D eigenvalue weighted by atomic mass is 32.2. The van der Waals surface area contributed by atoms with Gasteiger partial charge in [0.25, 0.3) is 0 Å². The quantitative estimate of drug-likeness (QED) is 0.362. The van der Waals surface area contributed by atoms with Crippen LogP contribution in [-0.2, 0) is 23.1 Å². The summed E-state index contributed by atoms with van der Waals surface area (Å²) in [4.78, 5) is 0. The maximum atomic E-state index is 10.7. The van der Waals surface area contributed by atoms with Crippen LogP contribution in [0.5, 0.6) is 0 Å². The first-order valence-corrected chi connectivity index (χ1v) is 8.02. The Morgan fingerprint density at radius 3 is 2.24 bits per heavy atom. The number of unbranched alkanes of at least 4 members (excludes halogenated alkanes) is 2. The molecule has 0 bridgehead atoms. The van der Waals surface area contributed by atoms with Crippen LogP contribution in [0, 0.1) is 0 Å². The summed E-state index contributed by atoms with van der Waals surface area (Å²) in [6, 6.07) is 4.33. The predicted octanol–water partition coefficient (Wildman–Crippen LogP) is 2.78. The second-order valence-corrected chi connectivity index (χ2v) is 5.78. The molecule has 8 heteroatoms. The van der Waals surface area contributed by atoms with Gasteiger partial charge in [-0.2, -0.15) is 13.2 Å². The van der Waals surface area contributed by atoms with E-state index in [0.717, 1.165) is 6.42 Å². The van der Waals surface area contributed by atoms with Crippen LogP contribution in [0.4, 0.5) is 13.2 Å². The molecule has 0 N–H and O–H groups in total. The largest absolute Gasteiger partial charge is 0.741 e. The van der Waals surface area contributed by atoms with Crippen molar-refractivity contribution in [2.24, 2.45) is 0 Å². The molecule has 0 saturated carbocycles. The lowest BCUT2D eigenvalue weighted by Gasteiger charge is -2.08. The Morgan fingerprint density at radius 1 is 1.24 bits per heavy atom. The second-order valence-electron chi connectivity index (χ2n) is 4.41. The summed E-state index contributed by atoms with van der Waals surface area (Å²) in [5.74, 6) is 0. The average Bonchev–Trinajstić information content (AvgIpc) is 2.38. The number of hydrogen-bond acceptors (Lipinski definition) is 3. The highest BCUT2D eigenvalue weighted by molar-refractivity contribution is 7.86. The van der Waals surface area contributed by atoms with Crippen LogP contribution in [0.1, 0.15) is 38.7 Å². The van der Waals surface area contributed by atoms with Gasteiger partial charge in [0.2, 0.25) is 0 Å². The Bertz CT molecular complexity index is 516. The first-order valence-electron chi connectivity index (χ1n) is 6.62. The molecular weight excluding hydrogens is 307 g/mol. The summed E-state index contributed by atoms with van der Waals surface area (Å²) >= 11 is 0. The Labute approximate surface area is 123 Å². The van der Waals surface area contributed by atoms with Crippen molar-refractivity contribution in [2.45, 2.75) is 51.6 Å². The fourth-order valence-electron chi connectivity index (χ4n) is 1.47. The molecule has 1 aromatic rings. The Hall–Kier alpha value is -1.15. The third-order valence-corrected chi connectivity index (χ3v) is 3.20. The third-order valence-electron chi connectivity index (χ3n) is 2.63. The van der Waals surface area contributed by atoms with Gasteiger partial charge >= 0.3 is 5.51 Å². The molecule has 0 spiro atoms. The maximum Gasteiger partial charge on any atom is 0.485 e. The number of nitrogens with zero attached hydrogens (tertiary/aromatic N) is 1. The molecule has 4 nitrogen and oxygen atoms in total. The van der Waals surface area contributed by atoms with Gasteiger partial charge in [0.1, 0.15) is 6.54 Å². The van der Waals surface area contributed by atoms with E-state index in [0.29, 0.717) is 0 Å². The highest BCUT2D eigenvalue weighted by Crippen LogP contribution is 2.20. The topological polar surface area (TPSA) is 61.1 Å². The highest BCUT2D eigenvalue weighted by Gasteiger charge is 2.36. The summed E-state index contributed by atoms with van der Waals surface area (Å²) in [7, 11) is -6.09. The summed E-state index contributed by atoms with van der Waals surface area (Å²) in [5, 5.41) is 0. The number of aryl methyl sites for hydroxylation is 2. The Kier molecular flexibility index (Phi) is 8.50. The van der Waals surface area contributed by atoms with Crippen molar-refractivity contribution >= 4 is 10.1 Å². The number of halogens is 3. The van der Waals surface area contributed by atoms with Crippen molar-refractivity contribution in [3.8, 4) is 0 Å². The Morgan fingerprint density at radius 2 is 1.81 bits per heavy atom. The first kappa shape index (κ1) is 19.9. The number of aromatic nitrogens is 1. The Balaban J connectivity index is 0.000000433. The molecule has 0 amide bonds.